The van der Waals surface area contributed by atoms with E-state index in [1.807, 2.05) is 0 Å². The molecule has 4 rings (SSSR count). The Morgan fingerprint density at radius 2 is 2.00 bits per heavy atom. The maximum atomic E-state index is 12.8. The number of fused-ring (bicyclic) bond motifs is 3. The largest absolute Gasteiger partial charge is 0.358 e. The van der Waals surface area contributed by atoms with Crippen LogP contribution >= 0.6 is 0 Å². The van der Waals surface area contributed by atoms with Gasteiger partial charge in [0.25, 0.3) is 5.69 Å². The van der Waals surface area contributed by atoms with Gasteiger partial charge < -0.3 is 4.98 Å². The van der Waals surface area contributed by atoms with Crippen molar-refractivity contribution in [3.63, 3.8) is 0 Å². The monoisotopic (exact) mass is 427 g/mol. The first kappa shape index (κ1) is 20.6. The molecule has 0 amide bonds. The number of rotatable bonds is 6. The summed E-state index contributed by atoms with van der Waals surface area (Å²) in [6, 6.07) is 11.9. The molecule has 30 heavy (non-hydrogen) atoms. The van der Waals surface area contributed by atoms with Crippen LogP contribution in [0.1, 0.15) is 55.3 Å². The van der Waals surface area contributed by atoms with E-state index in [2.05, 4.69) is 41.8 Å². The number of sulfonamides is 1. The molecule has 1 aliphatic rings. The first-order valence-electron chi connectivity index (χ1n) is 10.2. The number of benzene rings is 2. The van der Waals surface area contributed by atoms with Gasteiger partial charge in [0.15, 0.2) is 4.90 Å². The number of nitrogens with one attached hydrogen (secondary N) is 2. The van der Waals surface area contributed by atoms with Gasteiger partial charge >= 0.3 is 0 Å². The zero-order valence-corrected chi connectivity index (χ0v) is 17.8. The molecule has 8 heteroatoms. The molecule has 7 nitrogen and oxygen atoms in total. The third-order valence-corrected chi connectivity index (χ3v) is 7.34. The molecule has 0 radical (unpaired) electrons. The van der Waals surface area contributed by atoms with Crippen molar-refractivity contribution < 1.29 is 13.3 Å². The summed E-state index contributed by atoms with van der Waals surface area (Å²) in [7, 11) is -4.00. The number of aromatic amines is 1. The maximum Gasteiger partial charge on any atom is 0.289 e. The molecule has 0 spiro atoms. The summed E-state index contributed by atoms with van der Waals surface area (Å²) in [6.45, 7) is 4.51. The van der Waals surface area contributed by atoms with Crippen LogP contribution in [0.2, 0.25) is 0 Å². The molecule has 3 aromatic rings. The Kier molecular flexibility index (Phi) is 5.38. The predicted molar refractivity (Wildman–Crippen MR) is 116 cm³/mol. The first-order chi connectivity index (χ1) is 14.3. The lowest BCUT2D eigenvalue weighted by atomic mass is 9.84. The Morgan fingerprint density at radius 3 is 2.73 bits per heavy atom. The Bertz CT molecular complexity index is 1210. The second-order valence-electron chi connectivity index (χ2n) is 8.14. The average Bonchev–Trinajstić information content (AvgIpc) is 3.10. The lowest BCUT2D eigenvalue weighted by molar-refractivity contribution is -0.387. The van der Waals surface area contributed by atoms with Gasteiger partial charge in [-0.25, -0.2) is 13.1 Å². The highest BCUT2D eigenvalue weighted by atomic mass is 32.2. The minimum absolute atomic E-state index is 0.0162. The molecule has 0 aliphatic heterocycles. The topological polar surface area (TPSA) is 105 Å². The minimum atomic E-state index is -4.00. The van der Waals surface area contributed by atoms with Crippen molar-refractivity contribution in [2.45, 2.75) is 49.8 Å². The molecule has 0 saturated carbocycles. The van der Waals surface area contributed by atoms with E-state index < -0.39 is 20.6 Å². The number of H-pyrrole nitrogens is 1. The SMILES string of the molecule is CC(C)c1ccc2[nH]c3c(c2c1)[C@H](CNS(=O)(=O)c1ccccc1[N+](=O)[O-])CCC3. The molecule has 2 aromatic carbocycles. The highest BCUT2D eigenvalue weighted by Gasteiger charge is 2.29. The molecule has 0 unspecified atom stereocenters. The number of hydrogen-bond donors (Lipinski definition) is 2. The Morgan fingerprint density at radius 1 is 1.23 bits per heavy atom. The fraction of sp³-hybridized carbons (Fsp3) is 0.364. The molecule has 0 fully saturated rings. The summed E-state index contributed by atoms with van der Waals surface area (Å²) < 4.78 is 28.3. The highest BCUT2D eigenvalue weighted by molar-refractivity contribution is 7.89. The number of hydrogen-bond acceptors (Lipinski definition) is 4. The fourth-order valence-electron chi connectivity index (χ4n) is 4.31. The molecule has 1 atom stereocenters. The molecular weight excluding hydrogens is 402 g/mol. The number of aromatic nitrogens is 1. The van der Waals surface area contributed by atoms with Gasteiger partial charge in [0, 0.05) is 29.2 Å². The summed E-state index contributed by atoms with van der Waals surface area (Å²) >= 11 is 0. The summed E-state index contributed by atoms with van der Waals surface area (Å²) in [5, 5.41) is 12.4. The lowest BCUT2D eigenvalue weighted by Crippen LogP contribution is -2.30. The fourth-order valence-corrected chi connectivity index (χ4v) is 5.56. The molecule has 1 aliphatic carbocycles. The van der Waals surface area contributed by atoms with E-state index in [9.17, 15) is 18.5 Å². The summed E-state index contributed by atoms with van der Waals surface area (Å²) in [4.78, 5) is 13.8. The molecule has 158 valence electrons. The van der Waals surface area contributed by atoms with Crippen LogP contribution in [-0.4, -0.2) is 24.9 Å². The van der Waals surface area contributed by atoms with E-state index in [1.54, 1.807) is 0 Å². The van der Waals surface area contributed by atoms with Gasteiger partial charge in [-0.3, -0.25) is 10.1 Å². The van der Waals surface area contributed by atoms with Crippen molar-refractivity contribution in [2.75, 3.05) is 6.54 Å². The second kappa shape index (κ2) is 7.85. The van der Waals surface area contributed by atoms with Crippen molar-refractivity contribution in [3.05, 3.63) is 69.4 Å². The Hall–Kier alpha value is -2.71. The zero-order valence-electron chi connectivity index (χ0n) is 17.0. The number of nitrogens with zero attached hydrogens (tertiary/aromatic N) is 1. The molecule has 0 saturated heterocycles. The van der Waals surface area contributed by atoms with Crippen LogP contribution in [0.25, 0.3) is 10.9 Å². The average molecular weight is 428 g/mol. The molecule has 1 aromatic heterocycles. The summed E-state index contributed by atoms with van der Waals surface area (Å²) in [5.74, 6) is 0.418. The zero-order chi connectivity index (χ0) is 21.5. The molecular formula is C22H25N3O4S. The van der Waals surface area contributed by atoms with E-state index >= 15 is 0 Å². The van der Waals surface area contributed by atoms with Gasteiger partial charge in [-0.15, -0.1) is 0 Å². The van der Waals surface area contributed by atoms with E-state index in [4.69, 9.17) is 0 Å². The van der Waals surface area contributed by atoms with Gasteiger partial charge in [-0.05, 0) is 60.4 Å². The van der Waals surface area contributed by atoms with Crippen LogP contribution in [0.15, 0.2) is 47.4 Å². The number of para-hydroxylation sites is 1. The van der Waals surface area contributed by atoms with E-state index in [-0.39, 0.29) is 17.4 Å². The normalized spacial score (nSPS) is 16.7. The van der Waals surface area contributed by atoms with Crippen LogP contribution in [-0.2, 0) is 16.4 Å². The van der Waals surface area contributed by atoms with E-state index in [1.165, 1.54) is 35.4 Å². The number of aryl methyl sites for hydroxylation is 1. The molecule has 0 bridgehead atoms. The van der Waals surface area contributed by atoms with E-state index in [0.717, 1.165) is 35.9 Å². The van der Waals surface area contributed by atoms with Gasteiger partial charge in [0.1, 0.15) is 0 Å². The standard InChI is InChI=1S/C22H25N3O4S/c1-14(2)15-10-11-18-17(12-15)22-16(6-5-7-19(22)24-18)13-23-30(28,29)21-9-4-3-8-20(21)25(26)27/h3-4,8-12,14,16,23-24H,5-7,13H2,1-2H3/t16-/m0/s1. The van der Waals surface area contributed by atoms with Gasteiger partial charge in [0.2, 0.25) is 10.0 Å². The lowest BCUT2D eigenvalue weighted by Gasteiger charge is -2.23. The first-order valence-corrected chi connectivity index (χ1v) is 11.6. The second-order valence-corrected chi connectivity index (χ2v) is 9.88. The van der Waals surface area contributed by atoms with Crippen LogP contribution in [0.3, 0.4) is 0 Å². The third kappa shape index (κ3) is 3.73. The van der Waals surface area contributed by atoms with Crippen molar-refractivity contribution >= 4 is 26.6 Å². The van der Waals surface area contributed by atoms with Crippen molar-refractivity contribution in [2.24, 2.45) is 0 Å². The third-order valence-electron chi connectivity index (χ3n) is 5.87. The maximum absolute atomic E-state index is 12.8. The van der Waals surface area contributed by atoms with Gasteiger partial charge in [-0.2, -0.15) is 0 Å². The Labute approximate surface area is 175 Å². The Balaban J connectivity index is 1.65. The summed E-state index contributed by atoms with van der Waals surface area (Å²) in [5.41, 5.74) is 4.23. The smallest absolute Gasteiger partial charge is 0.289 e. The number of nitro benzene ring substituents is 1. The van der Waals surface area contributed by atoms with Crippen LogP contribution in [0, 0.1) is 10.1 Å². The van der Waals surface area contributed by atoms with Crippen molar-refractivity contribution in [1.29, 1.82) is 0 Å². The quantitative estimate of drug-likeness (QED) is 0.443. The van der Waals surface area contributed by atoms with Crippen molar-refractivity contribution in [3.8, 4) is 0 Å². The van der Waals surface area contributed by atoms with Crippen LogP contribution in [0.5, 0.6) is 0 Å². The number of nitro groups is 1. The van der Waals surface area contributed by atoms with Gasteiger partial charge in [-0.1, -0.05) is 32.0 Å². The minimum Gasteiger partial charge on any atom is -0.358 e. The van der Waals surface area contributed by atoms with Crippen LogP contribution in [0.4, 0.5) is 5.69 Å². The van der Waals surface area contributed by atoms with E-state index in [0.29, 0.717) is 5.92 Å². The van der Waals surface area contributed by atoms with Gasteiger partial charge in [0.05, 0.1) is 4.92 Å². The highest BCUT2D eigenvalue weighted by Crippen LogP contribution is 2.38. The predicted octanol–water partition coefficient (Wildman–Crippen LogP) is 4.60. The summed E-state index contributed by atoms with van der Waals surface area (Å²) in [6.07, 6.45) is 2.77. The molecule has 2 N–H and O–H groups in total. The van der Waals surface area contributed by atoms with Crippen molar-refractivity contribution in [1.82, 2.24) is 9.71 Å². The molecule has 1 heterocycles. The van der Waals surface area contributed by atoms with Crippen LogP contribution < -0.4 is 4.72 Å².